The van der Waals surface area contributed by atoms with Gasteiger partial charge in [-0.05, 0) is 30.3 Å². The van der Waals surface area contributed by atoms with Gasteiger partial charge in [0.15, 0.2) is 0 Å². The van der Waals surface area contributed by atoms with Gasteiger partial charge in [0.05, 0.1) is 16.2 Å². The van der Waals surface area contributed by atoms with Gasteiger partial charge in [0.2, 0.25) is 0 Å². The van der Waals surface area contributed by atoms with Crippen molar-refractivity contribution in [2.45, 2.75) is 0 Å². The molecular formula is C15H8Cl2N2O3. The van der Waals surface area contributed by atoms with Crippen LogP contribution in [0, 0.1) is 10.1 Å². The van der Waals surface area contributed by atoms with Crippen LogP contribution in [0.5, 0.6) is 0 Å². The Morgan fingerprint density at radius 2 is 1.77 bits per heavy atom. The number of nitro benzene ring substituents is 1. The summed E-state index contributed by atoms with van der Waals surface area (Å²) in [6, 6.07) is 9.17. The molecule has 0 aliphatic carbocycles. The fourth-order valence-electron chi connectivity index (χ4n) is 2.27. The van der Waals surface area contributed by atoms with Crippen molar-refractivity contribution in [2.75, 3.05) is 5.32 Å². The molecule has 0 radical (unpaired) electrons. The SMILES string of the molecule is O=C1Nc2cc(Cl)ccc2C1=Cc1cc(Cl)ccc1[N+](=O)[O-]. The van der Waals surface area contributed by atoms with Crippen molar-refractivity contribution in [3.05, 3.63) is 67.7 Å². The number of benzene rings is 2. The van der Waals surface area contributed by atoms with Crippen LogP contribution in [0.15, 0.2) is 36.4 Å². The smallest absolute Gasteiger partial charge is 0.276 e. The van der Waals surface area contributed by atoms with Crippen molar-refractivity contribution in [1.29, 1.82) is 0 Å². The van der Waals surface area contributed by atoms with E-state index in [0.29, 0.717) is 26.9 Å². The maximum atomic E-state index is 12.1. The second-order valence-corrected chi connectivity index (χ2v) is 5.54. The van der Waals surface area contributed by atoms with Crippen LogP contribution in [0.4, 0.5) is 11.4 Å². The molecule has 0 fully saturated rings. The van der Waals surface area contributed by atoms with Crippen molar-refractivity contribution >= 4 is 52.1 Å². The molecule has 0 spiro atoms. The van der Waals surface area contributed by atoms with Crippen LogP contribution in [-0.4, -0.2) is 10.8 Å². The number of fused-ring (bicyclic) bond motifs is 1. The van der Waals surface area contributed by atoms with Crippen molar-refractivity contribution < 1.29 is 9.72 Å². The van der Waals surface area contributed by atoms with E-state index in [2.05, 4.69) is 5.32 Å². The maximum absolute atomic E-state index is 12.1. The van der Waals surface area contributed by atoms with Gasteiger partial charge in [0.25, 0.3) is 11.6 Å². The Bertz CT molecular complexity index is 847. The Kier molecular flexibility index (Phi) is 3.60. The molecule has 110 valence electrons. The number of carbonyl (C=O) groups excluding carboxylic acids is 1. The number of carbonyl (C=O) groups is 1. The van der Waals surface area contributed by atoms with E-state index in [4.69, 9.17) is 23.2 Å². The fraction of sp³-hybridized carbons (Fsp3) is 0. The first-order valence-electron chi connectivity index (χ1n) is 6.22. The molecule has 2 aromatic carbocycles. The fourth-order valence-corrected chi connectivity index (χ4v) is 2.63. The summed E-state index contributed by atoms with van der Waals surface area (Å²) in [7, 11) is 0. The predicted octanol–water partition coefficient (Wildman–Crippen LogP) is 4.39. The molecule has 1 aliphatic rings. The summed E-state index contributed by atoms with van der Waals surface area (Å²) in [5.41, 5.74) is 1.70. The number of halogens is 2. The lowest BCUT2D eigenvalue weighted by Gasteiger charge is -2.01. The predicted molar refractivity (Wildman–Crippen MR) is 86.1 cm³/mol. The van der Waals surface area contributed by atoms with Gasteiger partial charge in [-0.2, -0.15) is 0 Å². The summed E-state index contributed by atoms with van der Waals surface area (Å²) >= 11 is 11.8. The molecule has 0 atom stereocenters. The van der Waals surface area contributed by atoms with E-state index in [9.17, 15) is 14.9 Å². The first-order chi connectivity index (χ1) is 10.5. The van der Waals surface area contributed by atoms with Crippen molar-refractivity contribution in [2.24, 2.45) is 0 Å². The lowest BCUT2D eigenvalue weighted by Crippen LogP contribution is -2.03. The Morgan fingerprint density at radius 1 is 1.09 bits per heavy atom. The number of amides is 1. The molecule has 0 unspecified atom stereocenters. The molecule has 0 aromatic heterocycles. The summed E-state index contributed by atoms with van der Waals surface area (Å²) < 4.78 is 0. The van der Waals surface area contributed by atoms with Gasteiger partial charge >= 0.3 is 0 Å². The zero-order chi connectivity index (χ0) is 15.9. The zero-order valence-electron chi connectivity index (χ0n) is 11.0. The highest BCUT2D eigenvalue weighted by Gasteiger charge is 2.25. The minimum Gasteiger partial charge on any atom is -0.321 e. The third kappa shape index (κ3) is 2.56. The van der Waals surface area contributed by atoms with Crippen LogP contribution in [-0.2, 0) is 4.79 Å². The van der Waals surface area contributed by atoms with E-state index in [0.717, 1.165) is 0 Å². The van der Waals surface area contributed by atoms with Gasteiger partial charge in [0, 0.05) is 27.2 Å². The summed E-state index contributed by atoms with van der Waals surface area (Å²) in [4.78, 5) is 22.7. The molecule has 1 aliphatic heterocycles. The largest absolute Gasteiger partial charge is 0.321 e. The van der Waals surface area contributed by atoms with Gasteiger partial charge in [-0.3, -0.25) is 14.9 Å². The average Bonchev–Trinajstić information content (AvgIpc) is 2.74. The van der Waals surface area contributed by atoms with Crippen LogP contribution < -0.4 is 5.32 Å². The summed E-state index contributed by atoms with van der Waals surface area (Å²) in [6.45, 7) is 0. The van der Waals surface area contributed by atoms with E-state index < -0.39 is 4.92 Å². The molecule has 7 heteroatoms. The Labute approximate surface area is 135 Å². The van der Waals surface area contributed by atoms with E-state index in [-0.39, 0.29) is 17.2 Å². The van der Waals surface area contributed by atoms with Crippen molar-refractivity contribution in [3.8, 4) is 0 Å². The lowest BCUT2D eigenvalue weighted by molar-refractivity contribution is -0.385. The molecule has 0 saturated carbocycles. The molecule has 1 amide bonds. The number of nitro groups is 1. The minimum atomic E-state index is -0.516. The van der Waals surface area contributed by atoms with Crippen LogP contribution in [0.3, 0.4) is 0 Å². The van der Waals surface area contributed by atoms with E-state index >= 15 is 0 Å². The number of nitrogens with one attached hydrogen (secondary N) is 1. The lowest BCUT2D eigenvalue weighted by atomic mass is 10.0. The number of anilines is 1. The quantitative estimate of drug-likeness (QED) is 0.502. The van der Waals surface area contributed by atoms with Crippen molar-refractivity contribution in [3.63, 3.8) is 0 Å². The van der Waals surface area contributed by atoms with Crippen LogP contribution in [0.2, 0.25) is 10.0 Å². The van der Waals surface area contributed by atoms with Gasteiger partial charge < -0.3 is 5.32 Å². The van der Waals surface area contributed by atoms with Crippen LogP contribution in [0.25, 0.3) is 11.6 Å². The first kappa shape index (κ1) is 14.6. The Morgan fingerprint density at radius 3 is 2.50 bits per heavy atom. The number of nitrogens with zero attached hydrogens (tertiary/aromatic N) is 1. The Balaban J connectivity index is 2.16. The molecule has 2 aromatic rings. The van der Waals surface area contributed by atoms with E-state index in [1.54, 1.807) is 18.2 Å². The van der Waals surface area contributed by atoms with Gasteiger partial charge in [-0.15, -0.1) is 0 Å². The third-order valence-electron chi connectivity index (χ3n) is 3.25. The topological polar surface area (TPSA) is 72.2 Å². The number of hydrogen-bond donors (Lipinski definition) is 1. The normalized spacial score (nSPS) is 14.8. The van der Waals surface area contributed by atoms with Crippen LogP contribution in [0.1, 0.15) is 11.1 Å². The summed E-state index contributed by atoms with van der Waals surface area (Å²) in [6.07, 6.45) is 1.46. The number of rotatable bonds is 2. The van der Waals surface area contributed by atoms with Crippen molar-refractivity contribution in [1.82, 2.24) is 0 Å². The van der Waals surface area contributed by atoms with E-state index in [1.165, 1.54) is 24.3 Å². The summed E-state index contributed by atoms with van der Waals surface area (Å²) in [5, 5.41) is 14.6. The standard InChI is InChI=1S/C15H8Cl2N2O3/c16-9-2-4-14(19(21)22)8(5-9)6-12-11-3-1-10(17)7-13(11)18-15(12)20/h1-7H,(H,18,20). The molecular weight excluding hydrogens is 327 g/mol. The minimum absolute atomic E-state index is 0.118. The first-order valence-corrected chi connectivity index (χ1v) is 6.98. The third-order valence-corrected chi connectivity index (χ3v) is 3.72. The molecule has 0 saturated heterocycles. The molecule has 22 heavy (non-hydrogen) atoms. The Hall–Kier alpha value is -2.37. The molecule has 1 heterocycles. The molecule has 0 bridgehead atoms. The van der Waals surface area contributed by atoms with Crippen LogP contribution >= 0.6 is 23.2 Å². The van der Waals surface area contributed by atoms with Gasteiger partial charge in [-0.1, -0.05) is 29.3 Å². The monoisotopic (exact) mass is 334 g/mol. The highest BCUT2D eigenvalue weighted by atomic mass is 35.5. The average molecular weight is 335 g/mol. The zero-order valence-corrected chi connectivity index (χ0v) is 12.5. The highest BCUT2D eigenvalue weighted by Crippen LogP contribution is 2.36. The number of hydrogen-bond acceptors (Lipinski definition) is 3. The van der Waals surface area contributed by atoms with Gasteiger partial charge in [0.1, 0.15) is 0 Å². The highest BCUT2D eigenvalue weighted by molar-refractivity contribution is 6.37. The van der Waals surface area contributed by atoms with Gasteiger partial charge in [-0.25, -0.2) is 0 Å². The molecule has 3 rings (SSSR count). The second kappa shape index (κ2) is 5.44. The molecule has 1 N–H and O–H groups in total. The second-order valence-electron chi connectivity index (χ2n) is 4.66. The van der Waals surface area contributed by atoms with E-state index in [1.807, 2.05) is 0 Å². The molecule has 5 nitrogen and oxygen atoms in total. The maximum Gasteiger partial charge on any atom is 0.276 e. The summed E-state index contributed by atoms with van der Waals surface area (Å²) in [5.74, 6) is -0.341.